The molecule has 2 aliphatic rings. The van der Waals surface area contributed by atoms with E-state index in [0.717, 1.165) is 6.04 Å². The third-order valence-corrected chi connectivity index (χ3v) is 4.01. The van der Waals surface area contributed by atoms with Crippen LogP contribution in [0.15, 0.2) is 0 Å². The Bertz CT molecular complexity index is 187. The van der Waals surface area contributed by atoms with Crippen LogP contribution in [0, 0.1) is 0 Å². The number of hydrogen-bond donors (Lipinski definition) is 1. The van der Waals surface area contributed by atoms with Crippen molar-refractivity contribution in [2.45, 2.75) is 44.2 Å². The largest absolute Gasteiger partial charge is 0.328 e. The predicted octanol–water partition coefficient (Wildman–Crippen LogP) is 0.894. The van der Waals surface area contributed by atoms with Crippen LogP contribution >= 0.6 is 0 Å². The monoisotopic (exact) mass is 211 g/mol. The lowest BCUT2D eigenvalue weighted by molar-refractivity contribution is 0.155. The third-order valence-electron chi connectivity index (χ3n) is 4.01. The van der Waals surface area contributed by atoms with Gasteiger partial charge in [-0.3, -0.25) is 4.90 Å². The summed E-state index contributed by atoms with van der Waals surface area (Å²) in [4.78, 5) is 5.16. The number of nitrogens with two attached hydrogens (primary N) is 1. The summed E-state index contributed by atoms with van der Waals surface area (Å²) in [6.07, 6.45) is 6.45. The quantitative estimate of drug-likeness (QED) is 0.699. The first-order valence-corrected chi connectivity index (χ1v) is 6.44. The van der Waals surface area contributed by atoms with Crippen molar-refractivity contribution < 1.29 is 0 Å². The van der Waals surface area contributed by atoms with E-state index in [1.807, 2.05) is 0 Å². The van der Waals surface area contributed by atoms with Crippen LogP contribution in [0.1, 0.15) is 32.1 Å². The highest BCUT2D eigenvalue weighted by molar-refractivity contribution is 4.82. The molecule has 0 aromatic carbocycles. The standard InChI is InChI=1S/C12H25N3/c1-14-7-2-8-15(10-9-14)12-5-3-11(13)4-6-12/h11-12H,2-10,13H2,1H3/t11-,12-. The first kappa shape index (κ1) is 11.4. The molecule has 1 aliphatic heterocycles. The van der Waals surface area contributed by atoms with Crippen LogP contribution in [-0.2, 0) is 0 Å². The van der Waals surface area contributed by atoms with Crippen molar-refractivity contribution in [3.8, 4) is 0 Å². The summed E-state index contributed by atoms with van der Waals surface area (Å²) in [6.45, 7) is 5.06. The van der Waals surface area contributed by atoms with Gasteiger partial charge in [-0.1, -0.05) is 0 Å². The van der Waals surface area contributed by atoms with Gasteiger partial charge in [0.1, 0.15) is 0 Å². The molecular formula is C12H25N3. The second-order valence-corrected chi connectivity index (χ2v) is 5.26. The lowest BCUT2D eigenvalue weighted by Gasteiger charge is -2.35. The minimum atomic E-state index is 0.482. The fourth-order valence-corrected chi connectivity index (χ4v) is 2.90. The predicted molar refractivity (Wildman–Crippen MR) is 63.9 cm³/mol. The SMILES string of the molecule is CN1CCCN([C@H]2CC[C@H](N)CC2)CC1. The van der Waals surface area contributed by atoms with Crippen molar-refractivity contribution in [2.24, 2.45) is 5.73 Å². The zero-order chi connectivity index (χ0) is 10.7. The lowest BCUT2D eigenvalue weighted by Crippen LogP contribution is -2.42. The maximum atomic E-state index is 5.95. The normalized spacial score (nSPS) is 36.4. The van der Waals surface area contributed by atoms with Gasteiger partial charge in [-0.25, -0.2) is 0 Å². The van der Waals surface area contributed by atoms with Crippen LogP contribution in [0.5, 0.6) is 0 Å². The summed E-state index contributed by atoms with van der Waals surface area (Å²) >= 11 is 0. The molecule has 1 aliphatic carbocycles. The zero-order valence-electron chi connectivity index (χ0n) is 9.99. The molecule has 1 heterocycles. The van der Waals surface area contributed by atoms with Gasteiger partial charge in [0.05, 0.1) is 0 Å². The van der Waals surface area contributed by atoms with E-state index in [1.165, 1.54) is 58.3 Å². The minimum Gasteiger partial charge on any atom is -0.328 e. The lowest BCUT2D eigenvalue weighted by atomic mass is 9.90. The van der Waals surface area contributed by atoms with Crippen molar-refractivity contribution in [3.05, 3.63) is 0 Å². The molecule has 0 spiro atoms. The fraction of sp³-hybridized carbons (Fsp3) is 1.00. The summed E-state index contributed by atoms with van der Waals surface area (Å²) in [7, 11) is 2.24. The van der Waals surface area contributed by atoms with Crippen LogP contribution < -0.4 is 5.73 Å². The van der Waals surface area contributed by atoms with E-state index in [2.05, 4.69) is 16.8 Å². The van der Waals surface area contributed by atoms with Gasteiger partial charge in [0.25, 0.3) is 0 Å². The Balaban J connectivity index is 1.82. The van der Waals surface area contributed by atoms with Gasteiger partial charge in [0.2, 0.25) is 0 Å². The fourth-order valence-electron chi connectivity index (χ4n) is 2.90. The molecule has 88 valence electrons. The van der Waals surface area contributed by atoms with Gasteiger partial charge < -0.3 is 10.6 Å². The molecule has 0 aromatic heterocycles. The molecule has 3 nitrogen and oxygen atoms in total. The van der Waals surface area contributed by atoms with Crippen LogP contribution in [0.3, 0.4) is 0 Å². The molecule has 2 N–H and O–H groups in total. The summed E-state index contributed by atoms with van der Waals surface area (Å²) in [5.41, 5.74) is 5.95. The number of likely N-dealkylation sites (N-methyl/N-ethyl adjacent to an activating group) is 1. The van der Waals surface area contributed by atoms with Crippen molar-refractivity contribution in [3.63, 3.8) is 0 Å². The third kappa shape index (κ3) is 3.16. The van der Waals surface area contributed by atoms with E-state index >= 15 is 0 Å². The molecular weight excluding hydrogens is 186 g/mol. The maximum absolute atomic E-state index is 5.95. The van der Waals surface area contributed by atoms with Gasteiger partial charge in [-0.2, -0.15) is 0 Å². The van der Waals surface area contributed by atoms with Crippen molar-refractivity contribution in [1.82, 2.24) is 9.80 Å². The Hall–Kier alpha value is -0.120. The van der Waals surface area contributed by atoms with Crippen LogP contribution in [0.2, 0.25) is 0 Å². The molecule has 0 unspecified atom stereocenters. The summed E-state index contributed by atoms with van der Waals surface area (Å²) in [5.74, 6) is 0. The van der Waals surface area contributed by atoms with E-state index in [-0.39, 0.29) is 0 Å². The van der Waals surface area contributed by atoms with Gasteiger partial charge in [-0.15, -0.1) is 0 Å². The smallest absolute Gasteiger partial charge is 0.0112 e. The van der Waals surface area contributed by atoms with E-state index in [0.29, 0.717) is 6.04 Å². The van der Waals surface area contributed by atoms with Crippen LogP contribution in [0.4, 0.5) is 0 Å². The Morgan fingerprint density at radius 3 is 2.40 bits per heavy atom. The molecule has 3 heteroatoms. The van der Waals surface area contributed by atoms with Crippen molar-refractivity contribution >= 4 is 0 Å². The van der Waals surface area contributed by atoms with Gasteiger partial charge in [0, 0.05) is 25.2 Å². The maximum Gasteiger partial charge on any atom is 0.0112 e. The average Bonchev–Trinajstić information content (AvgIpc) is 2.44. The van der Waals surface area contributed by atoms with Crippen LogP contribution in [0.25, 0.3) is 0 Å². The van der Waals surface area contributed by atoms with Gasteiger partial charge in [-0.05, 0) is 52.2 Å². The van der Waals surface area contributed by atoms with Crippen molar-refractivity contribution in [1.29, 1.82) is 0 Å². The second-order valence-electron chi connectivity index (χ2n) is 5.26. The van der Waals surface area contributed by atoms with Crippen LogP contribution in [-0.4, -0.2) is 55.1 Å². The first-order chi connectivity index (χ1) is 7.25. The summed E-state index contributed by atoms with van der Waals surface area (Å²) in [6, 6.07) is 1.31. The molecule has 0 bridgehead atoms. The van der Waals surface area contributed by atoms with E-state index in [4.69, 9.17) is 5.73 Å². The van der Waals surface area contributed by atoms with Crippen molar-refractivity contribution in [2.75, 3.05) is 33.2 Å². The van der Waals surface area contributed by atoms with E-state index in [1.54, 1.807) is 0 Å². The molecule has 0 atom stereocenters. The van der Waals surface area contributed by atoms with E-state index in [9.17, 15) is 0 Å². The number of nitrogens with zero attached hydrogens (tertiary/aromatic N) is 2. The number of rotatable bonds is 1. The molecule has 1 saturated heterocycles. The molecule has 0 radical (unpaired) electrons. The Kier molecular flexibility index (Phi) is 4.00. The molecule has 0 amide bonds. The Morgan fingerprint density at radius 2 is 1.67 bits per heavy atom. The highest BCUT2D eigenvalue weighted by Gasteiger charge is 2.25. The summed E-state index contributed by atoms with van der Waals surface area (Å²) in [5, 5.41) is 0. The van der Waals surface area contributed by atoms with Gasteiger partial charge >= 0.3 is 0 Å². The van der Waals surface area contributed by atoms with E-state index < -0.39 is 0 Å². The molecule has 2 fully saturated rings. The van der Waals surface area contributed by atoms with Gasteiger partial charge in [0.15, 0.2) is 0 Å². The first-order valence-electron chi connectivity index (χ1n) is 6.44. The Morgan fingerprint density at radius 1 is 0.933 bits per heavy atom. The molecule has 0 aromatic rings. The highest BCUT2D eigenvalue weighted by Crippen LogP contribution is 2.22. The minimum absolute atomic E-state index is 0.482. The number of hydrogen-bond acceptors (Lipinski definition) is 3. The topological polar surface area (TPSA) is 32.5 Å². The molecule has 2 rings (SSSR count). The second kappa shape index (κ2) is 5.28. The summed E-state index contributed by atoms with van der Waals surface area (Å²) < 4.78 is 0. The highest BCUT2D eigenvalue weighted by atomic mass is 15.2. The average molecular weight is 211 g/mol. The Labute approximate surface area is 93.6 Å². The zero-order valence-corrected chi connectivity index (χ0v) is 9.99. The molecule has 1 saturated carbocycles. The molecule has 15 heavy (non-hydrogen) atoms.